The number of rotatable bonds is 10. The molecule has 0 saturated heterocycles. The molecular formula is C46H57ClN12O4S. The summed E-state index contributed by atoms with van der Waals surface area (Å²) in [7, 11) is -2.94. The van der Waals surface area contributed by atoms with E-state index in [4.69, 9.17) is 25.7 Å². The third-order valence-electron chi connectivity index (χ3n) is 11.8. The van der Waals surface area contributed by atoms with Gasteiger partial charge in [0, 0.05) is 96.8 Å². The normalized spacial score (nSPS) is 19.7. The lowest BCUT2D eigenvalue weighted by atomic mass is 9.86. The molecule has 0 atom stereocenters. The van der Waals surface area contributed by atoms with Gasteiger partial charge in [0.25, 0.3) is 11.8 Å². The Bertz CT molecular complexity index is 2810. The van der Waals surface area contributed by atoms with Gasteiger partial charge in [-0.1, -0.05) is 30.3 Å². The molecule has 18 heteroatoms. The highest BCUT2D eigenvalue weighted by Gasteiger charge is 2.30. The van der Waals surface area contributed by atoms with E-state index in [2.05, 4.69) is 43.1 Å². The fourth-order valence-corrected chi connectivity index (χ4v) is 8.92. The molecule has 0 bridgehead atoms. The number of carbonyl (C=O) groups is 2. The second kappa shape index (κ2) is 19.5. The number of H-pyrrole nitrogens is 2. The van der Waals surface area contributed by atoms with E-state index in [0.717, 1.165) is 123 Å². The Morgan fingerprint density at radius 3 is 1.61 bits per heavy atom. The number of nitrogens with one attached hydrogen (secondary N) is 7. The number of anilines is 2. The van der Waals surface area contributed by atoms with E-state index >= 15 is 0 Å². The zero-order valence-corrected chi connectivity index (χ0v) is 38.2. The van der Waals surface area contributed by atoms with Crippen molar-refractivity contribution in [3.63, 3.8) is 0 Å². The number of hydrogen-bond donors (Lipinski definition) is 8. The van der Waals surface area contributed by atoms with Crippen LogP contribution in [0.2, 0.25) is 0 Å². The zero-order valence-electron chi connectivity index (χ0n) is 36.6. The van der Waals surface area contributed by atoms with E-state index in [0.29, 0.717) is 37.3 Å². The molecule has 2 saturated carbocycles. The maximum Gasteiger partial charge on any atom is 0.253 e. The second-order valence-electron chi connectivity index (χ2n) is 16.9. The predicted octanol–water partition coefficient (Wildman–Crippen LogP) is 5.53. The van der Waals surface area contributed by atoms with Gasteiger partial charge in [0.05, 0.1) is 39.3 Å². The van der Waals surface area contributed by atoms with Crippen molar-refractivity contribution in [2.24, 2.45) is 5.73 Å². The summed E-state index contributed by atoms with van der Waals surface area (Å²) in [6.45, 7) is 10.9. The van der Waals surface area contributed by atoms with Crippen molar-refractivity contribution in [2.45, 2.75) is 83.5 Å². The van der Waals surface area contributed by atoms with Gasteiger partial charge in [0.1, 0.15) is 32.5 Å². The summed E-state index contributed by atoms with van der Waals surface area (Å²) in [4.78, 5) is 50.4. The molecule has 9 N–H and O–H groups in total. The number of aryl methyl sites for hydroxylation is 2. The van der Waals surface area contributed by atoms with Crippen molar-refractivity contribution in [1.82, 2.24) is 45.9 Å². The van der Waals surface area contributed by atoms with Crippen molar-refractivity contribution in [1.29, 1.82) is 0 Å². The first-order valence-electron chi connectivity index (χ1n) is 21.6. The van der Waals surface area contributed by atoms with Gasteiger partial charge in [0.2, 0.25) is 0 Å². The fraction of sp³-hybridized carbons (Fsp3) is 0.391. The first-order chi connectivity index (χ1) is 30.3. The van der Waals surface area contributed by atoms with Crippen LogP contribution in [-0.4, -0.2) is 106 Å². The van der Waals surface area contributed by atoms with Crippen LogP contribution in [0.4, 0.5) is 11.6 Å². The molecule has 0 spiro atoms. The lowest BCUT2D eigenvalue weighted by Gasteiger charge is -2.37. The highest BCUT2D eigenvalue weighted by molar-refractivity contribution is 7.90. The number of para-hydroxylation sites is 2. The summed E-state index contributed by atoms with van der Waals surface area (Å²) in [5, 5.41) is 16.1. The highest BCUT2D eigenvalue weighted by atomic mass is 35.5. The largest absolute Gasteiger partial charge is 0.366 e. The van der Waals surface area contributed by atoms with E-state index < -0.39 is 9.84 Å². The minimum atomic E-state index is -2.94. The van der Waals surface area contributed by atoms with Gasteiger partial charge in [-0.05, 0) is 70.7 Å². The number of amides is 2. The minimum Gasteiger partial charge on any atom is -0.366 e. The molecule has 338 valence electrons. The van der Waals surface area contributed by atoms with Crippen LogP contribution < -0.4 is 32.3 Å². The summed E-state index contributed by atoms with van der Waals surface area (Å²) >= 11 is 0. The average molecular weight is 910 g/mol. The Morgan fingerprint density at radius 2 is 1.19 bits per heavy atom. The van der Waals surface area contributed by atoms with E-state index in [9.17, 15) is 18.0 Å². The predicted molar refractivity (Wildman–Crippen MR) is 256 cm³/mol. The molecule has 0 radical (unpaired) electrons. The van der Waals surface area contributed by atoms with Gasteiger partial charge in [-0.15, -0.1) is 19.0 Å². The van der Waals surface area contributed by atoms with E-state index in [1.165, 1.54) is 6.26 Å². The van der Waals surface area contributed by atoms with Gasteiger partial charge >= 0.3 is 0 Å². The van der Waals surface area contributed by atoms with Crippen LogP contribution in [0, 0.1) is 13.8 Å². The van der Waals surface area contributed by atoms with Crippen LogP contribution in [0.25, 0.3) is 44.6 Å². The van der Waals surface area contributed by atoms with E-state index in [1.54, 1.807) is 6.08 Å². The smallest absolute Gasteiger partial charge is 0.253 e. The van der Waals surface area contributed by atoms with Gasteiger partial charge in [-0.3, -0.25) is 9.59 Å². The first-order valence-corrected chi connectivity index (χ1v) is 23.6. The van der Waals surface area contributed by atoms with Crippen molar-refractivity contribution in [3.8, 4) is 22.5 Å². The summed E-state index contributed by atoms with van der Waals surface area (Å²) in [6, 6.07) is 16.9. The molecule has 2 amide bonds. The zero-order chi connectivity index (χ0) is 44.4. The van der Waals surface area contributed by atoms with Gasteiger partial charge < -0.3 is 42.3 Å². The molecule has 4 aliphatic rings. The Morgan fingerprint density at radius 1 is 0.734 bits per heavy atom. The molecule has 2 aliphatic heterocycles. The number of aromatic nitrogens is 6. The van der Waals surface area contributed by atoms with Crippen molar-refractivity contribution < 1.29 is 18.0 Å². The van der Waals surface area contributed by atoms with Gasteiger partial charge in [-0.2, -0.15) is 0 Å². The number of fused-ring (bicyclic) bond motifs is 4. The number of halogens is 1. The van der Waals surface area contributed by atoms with Crippen LogP contribution in [0.3, 0.4) is 0 Å². The van der Waals surface area contributed by atoms with Crippen LogP contribution >= 0.6 is 12.4 Å². The summed E-state index contributed by atoms with van der Waals surface area (Å²) < 4.78 is 22.6. The van der Waals surface area contributed by atoms with Crippen molar-refractivity contribution in [3.05, 3.63) is 95.1 Å². The molecule has 6 heterocycles. The van der Waals surface area contributed by atoms with Crippen LogP contribution in [-0.2, 0) is 22.7 Å². The molecule has 2 aromatic carbocycles. The van der Waals surface area contributed by atoms with Crippen LogP contribution in [0.5, 0.6) is 0 Å². The van der Waals surface area contributed by atoms with Crippen LogP contribution in [0.1, 0.15) is 76.1 Å². The van der Waals surface area contributed by atoms with E-state index in [-0.39, 0.29) is 42.1 Å². The Kier molecular flexibility index (Phi) is 14.0. The third-order valence-corrected chi connectivity index (χ3v) is 12.8. The molecule has 0 unspecified atom stereocenters. The molecule has 2 aliphatic carbocycles. The molecule has 4 aromatic heterocycles. The van der Waals surface area contributed by atoms with Crippen molar-refractivity contribution >= 4 is 67.8 Å². The topological polar surface area (TPSA) is 238 Å². The maximum absolute atomic E-state index is 12.2. The summed E-state index contributed by atoms with van der Waals surface area (Å²) in [5.74, 6) is 1.64. The molecule has 10 rings (SSSR count). The molecule has 64 heavy (non-hydrogen) atoms. The number of hydrogen-bond acceptors (Lipinski definition) is 12. The number of benzene rings is 2. The van der Waals surface area contributed by atoms with E-state index in [1.807, 2.05) is 69.3 Å². The quantitative estimate of drug-likeness (QED) is 0.0793. The number of allylic oxidation sites excluding steroid dienone is 1. The lowest BCUT2D eigenvalue weighted by molar-refractivity contribution is 0.0937. The third kappa shape index (κ3) is 10.2. The summed E-state index contributed by atoms with van der Waals surface area (Å²) in [6.07, 6.45) is 8.33. The van der Waals surface area contributed by atoms with Crippen LogP contribution in [0.15, 0.2) is 61.2 Å². The SMILES string of the molecule is C=CC.Cc1nc2cccc(-c3cc4c([nH]3)CCNC4=O)c2nc1NC1CC(N)C1.Cc1nc2cccc(-c3cc4c([nH]3)CCNC4=O)c2nc1NC1CC(NCCS(C)(=O)=O)C1.Cl. The number of aromatic amines is 2. The highest BCUT2D eigenvalue weighted by Crippen LogP contribution is 2.33. The Hall–Kier alpha value is -5.88. The standard InChI is InChI=1S/C23H28N6O3S.C20H22N6O.C3H6.ClH/c1-13-22(27-15-10-14(11-15)24-8-9-33(2,31)32)29-21-16(4-3-5-19(21)26-13)20-12-17-18(28-20)6-7-25-23(17)30;1-10-19(24-12-7-11(21)8-12)26-18-13(3-2-4-16(18)23-10)17-9-14-15(25-17)5-6-22-20(14)27;1-3-2;/h3-5,12,14-15,24,28H,6-11H2,1-2H3,(H,25,30)(H,27,29);2-4,9,11-12,25H,5-8,21H2,1H3,(H,22,27)(H,24,26);3H,1H2,2H3;1H. The Balaban J connectivity index is 0.000000181. The summed E-state index contributed by atoms with van der Waals surface area (Å²) in [5.41, 5.74) is 17.8. The average Bonchev–Trinajstić information content (AvgIpc) is 3.86. The number of carbonyl (C=O) groups excluding carboxylic acids is 2. The molecule has 16 nitrogen and oxygen atoms in total. The molecular weight excluding hydrogens is 852 g/mol. The molecule has 2 fully saturated rings. The Labute approximate surface area is 379 Å². The minimum absolute atomic E-state index is 0. The van der Waals surface area contributed by atoms with Gasteiger partial charge in [-0.25, -0.2) is 28.4 Å². The molecule has 6 aromatic rings. The fourth-order valence-electron chi connectivity index (χ4n) is 8.43. The first kappa shape index (κ1) is 46.1. The lowest BCUT2D eigenvalue weighted by Crippen LogP contribution is -2.48. The number of nitrogens with two attached hydrogens (primary N) is 1. The number of nitrogens with zero attached hydrogens (tertiary/aromatic N) is 4. The second-order valence-corrected chi connectivity index (χ2v) is 19.2. The maximum atomic E-state index is 12.2. The van der Waals surface area contributed by atoms with Gasteiger partial charge in [0.15, 0.2) is 0 Å². The van der Waals surface area contributed by atoms with Crippen molar-refractivity contribution in [2.75, 3.05) is 42.3 Å². The monoisotopic (exact) mass is 908 g/mol. The number of sulfone groups is 1.